The van der Waals surface area contributed by atoms with Crippen LogP contribution in [0.4, 0.5) is 5.69 Å². The molecule has 0 spiro atoms. The van der Waals surface area contributed by atoms with Crippen LogP contribution in [0.2, 0.25) is 5.02 Å². The summed E-state index contributed by atoms with van der Waals surface area (Å²) in [6.45, 7) is 2.13. The van der Waals surface area contributed by atoms with Crippen LogP contribution in [0.15, 0.2) is 12.1 Å². The highest BCUT2D eigenvalue weighted by molar-refractivity contribution is 6.31. The minimum atomic E-state index is 0.613. The molecule has 14 heavy (non-hydrogen) atoms. The summed E-state index contributed by atoms with van der Waals surface area (Å²) in [7, 11) is 1.91. The Morgan fingerprint density at radius 2 is 2.00 bits per heavy atom. The van der Waals surface area contributed by atoms with Crippen LogP contribution in [0.5, 0.6) is 0 Å². The van der Waals surface area contributed by atoms with E-state index in [-0.39, 0.29) is 0 Å². The quantitative estimate of drug-likeness (QED) is 0.780. The highest BCUT2D eigenvalue weighted by Crippen LogP contribution is 2.26. The summed E-state index contributed by atoms with van der Waals surface area (Å²) < 4.78 is 0. The molecule has 0 aliphatic heterocycles. The van der Waals surface area contributed by atoms with Gasteiger partial charge in [-0.2, -0.15) is 0 Å². The van der Waals surface area contributed by atoms with Crippen LogP contribution in [0.1, 0.15) is 18.1 Å². The molecule has 0 saturated carbocycles. The van der Waals surface area contributed by atoms with Gasteiger partial charge < -0.3 is 5.32 Å². The first-order valence-electron chi connectivity index (χ1n) is 4.78. The highest BCUT2D eigenvalue weighted by Gasteiger charge is 2.05. The summed E-state index contributed by atoms with van der Waals surface area (Å²) in [5, 5.41) is 3.94. The third-order valence-corrected chi connectivity index (χ3v) is 2.83. The molecule has 0 aliphatic rings. The van der Waals surface area contributed by atoms with E-state index in [0.717, 1.165) is 29.1 Å². The van der Waals surface area contributed by atoms with Gasteiger partial charge in [0.2, 0.25) is 0 Å². The largest absolute Gasteiger partial charge is 0.388 e. The Hall–Kier alpha value is -0.400. The number of alkyl halides is 1. The summed E-state index contributed by atoms with van der Waals surface area (Å²) in [5.74, 6) is 0.613. The van der Waals surface area contributed by atoms with Gasteiger partial charge in [-0.3, -0.25) is 0 Å². The molecule has 0 aromatic heterocycles. The van der Waals surface area contributed by atoms with E-state index in [1.165, 1.54) is 5.56 Å². The molecule has 1 N–H and O–H groups in total. The number of halogens is 2. The van der Waals surface area contributed by atoms with Crippen molar-refractivity contribution in [2.75, 3.05) is 18.2 Å². The maximum absolute atomic E-state index is 6.12. The second-order valence-electron chi connectivity index (χ2n) is 3.14. The summed E-state index contributed by atoms with van der Waals surface area (Å²) >= 11 is 11.8. The molecule has 78 valence electrons. The molecule has 1 aromatic rings. The van der Waals surface area contributed by atoms with Crippen LogP contribution in [-0.2, 0) is 12.8 Å². The molecule has 0 fully saturated rings. The zero-order chi connectivity index (χ0) is 10.6. The Balaban J connectivity index is 3.09. The molecule has 1 nitrogen and oxygen atoms in total. The molecular weight excluding hydrogens is 217 g/mol. The van der Waals surface area contributed by atoms with Crippen molar-refractivity contribution in [3.8, 4) is 0 Å². The molecule has 3 heteroatoms. The predicted molar refractivity (Wildman–Crippen MR) is 64.8 cm³/mol. The first-order chi connectivity index (χ1) is 6.72. The molecule has 0 atom stereocenters. The zero-order valence-corrected chi connectivity index (χ0v) is 10.0. The Morgan fingerprint density at radius 3 is 2.50 bits per heavy atom. The monoisotopic (exact) mass is 231 g/mol. The first kappa shape index (κ1) is 11.7. The highest BCUT2D eigenvalue weighted by atomic mass is 35.5. The van der Waals surface area contributed by atoms with Gasteiger partial charge in [-0.25, -0.2) is 0 Å². The molecule has 0 aliphatic carbocycles. The average molecular weight is 232 g/mol. The van der Waals surface area contributed by atoms with Crippen molar-refractivity contribution < 1.29 is 0 Å². The number of rotatable bonds is 4. The lowest BCUT2D eigenvalue weighted by Crippen LogP contribution is -1.98. The van der Waals surface area contributed by atoms with Gasteiger partial charge in [-0.1, -0.05) is 24.6 Å². The zero-order valence-electron chi connectivity index (χ0n) is 8.53. The lowest BCUT2D eigenvalue weighted by atomic mass is 10.0. The van der Waals surface area contributed by atoms with E-state index in [2.05, 4.69) is 18.3 Å². The van der Waals surface area contributed by atoms with E-state index in [1.54, 1.807) is 0 Å². The van der Waals surface area contributed by atoms with Crippen molar-refractivity contribution in [1.29, 1.82) is 0 Å². The van der Waals surface area contributed by atoms with E-state index < -0.39 is 0 Å². The maximum Gasteiger partial charge on any atom is 0.0459 e. The van der Waals surface area contributed by atoms with Crippen molar-refractivity contribution in [2.45, 2.75) is 19.8 Å². The second-order valence-corrected chi connectivity index (χ2v) is 3.93. The second kappa shape index (κ2) is 5.47. The van der Waals surface area contributed by atoms with Crippen molar-refractivity contribution >= 4 is 28.9 Å². The lowest BCUT2D eigenvalue weighted by Gasteiger charge is -2.11. The van der Waals surface area contributed by atoms with E-state index in [9.17, 15) is 0 Å². The predicted octanol–water partition coefficient (Wildman–Crippen LogP) is 3.73. The van der Waals surface area contributed by atoms with E-state index in [4.69, 9.17) is 23.2 Å². The fraction of sp³-hybridized carbons (Fsp3) is 0.455. The van der Waals surface area contributed by atoms with Crippen molar-refractivity contribution in [3.05, 3.63) is 28.3 Å². The molecule has 1 rings (SSSR count). The molecule has 0 saturated heterocycles. The van der Waals surface area contributed by atoms with Gasteiger partial charge in [0.15, 0.2) is 0 Å². The van der Waals surface area contributed by atoms with Crippen LogP contribution < -0.4 is 5.32 Å². The molecule has 0 heterocycles. The van der Waals surface area contributed by atoms with E-state index >= 15 is 0 Å². The fourth-order valence-electron chi connectivity index (χ4n) is 1.49. The Morgan fingerprint density at radius 1 is 1.29 bits per heavy atom. The van der Waals surface area contributed by atoms with Crippen LogP contribution in [-0.4, -0.2) is 12.9 Å². The summed E-state index contributed by atoms with van der Waals surface area (Å²) in [5.41, 5.74) is 3.53. The van der Waals surface area contributed by atoms with Crippen molar-refractivity contribution in [3.63, 3.8) is 0 Å². The van der Waals surface area contributed by atoms with Gasteiger partial charge in [0.25, 0.3) is 0 Å². The Bertz CT molecular complexity index is 310. The van der Waals surface area contributed by atoms with Crippen LogP contribution >= 0.6 is 23.2 Å². The summed E-state index contributed by atoms with van der Waals surface area (Å²) in [6, 6.07) is 4.11. The van der Waals surface area contributed by atoms with Crippen molar-refractivity contribution in [2.24, 2.45) is 0 Å². The van der Waals surface area contributed by atoms with E-state index in [1.807, 2.05) is 13.1 Å². The number of anilines is 1. The smallest absolute Gasteiger partial charge is 0.0459 e. The normalized spacial score (nSPS) is 10.3. The molecule has 1 aromatic carbocycles. The van der Waals surface area contributed by atoms with Gasteiger partial charge >= 0.3 is 0 Å². The van der Waals surface area contributed by atoms with E-state index in [0.29, 0.717) is 5.88 Å². The topological polar surface area (TPSA) is 12.0 Å². The number of aryl methyl sites for hydroxylation is 2. The molecule has 0 radical (unpaired) electrons. The molecule has 0 unspecified atom stereocenters. The fourth-order valence-corrected chi connectivity index (χ4v) is 1.95. The minimum Gasteiger partial charge on any atom is -0.388 e. The molecule has 0 bridgehead atoms. The average Bonchev–Trinajstić information content (AvgIpc) is 2.20. The standard InChI is InChI=1S/C11H15Cl2N/c1-3-8-6-9(4-5-12)10(13)7-11(8)14-2/h6-7,14H,3-5H2,1-2H3. The minimum absolute atomic E-state index is 0.613. The summed E-state index contributed by atoms with van der Waals surface area (Å²) in [4.78, 5) is 0. The number of hydrogen-bond acceptors (Lipinski definition) is 1. The lowest BCUT2D eigenvalue weighted by molar-refractivity contribution is 1.09. The van der Waals surface area contributed by atoms with Crippen molar-refractivity contribution in [1.82, 2.24) is 0 Å². The van der Waals surface area contributed by atoms with Gasteiger partial charge in [0, 0.05) is 23.6 Å². The molecule has 0 amide bonds. The summed E-state index contributed by atoms with van der Waals surface area (Å²) in [6.07, 6.45) is 1.83. The SMILES string of the molecule is CCc1cc(CCCl)c(Cl)cc1NC. The number of benzene rings is 1. The van der Waals surface area contributed by atoms with Gasteiger partial charge in [0.05, 0.1) is 0 Å². The number of nitrogens with one attached hydrogen (secondary N) is 1. The van der Waals surface area contributed by atoms with Crippen LogP contribution in [0.3, 0.4) is 0 Å². The number of hydrogen-bond donors (Lipinski definition) is 1. The first-order valence-corrected chi connectivity index (χ1v) is 5.69. The Kier molecular flexibility index (Phi) is 4.56. The van der Waals surface area contributed by atoms with Crippen LogP contribution in [0, 0.1) is 0 Å². The third kappa shape index (κ3) is 2.55. The van der Waals surface area contributed by atoms with Gasteiger partial charge in [-0.05, 0) is 30.0 Å². The Labute approximate surface area is 95.4 Å². The van der Waals surface area contributed by atoms with Crippen LogP contribution in [0.25, 0.3) is 0 Å². The van der Waals surface area contributed by atoms with Gasteiger partial charge in [-0.15, -0.1) is 11.6 Å². The molecular formula is C11H15Cl2N. The maximum atomic E-state index is 6.12. The van der Waals surface area contributed by atoms with Gasteiger partial charge in [0.1, 0.15) is 0 Å². The third-order valence-electron chi connectivity index (χ3n) is 2.29.